The molecule has 6 heteroatoms. The van der Waals surface area contributed by atoms with Gasteiger partial charge in [-0.05, 0) is 52.2 Å². The van der Waals surface area contributed by atoms with Crippen LogP contribution in [0.3, 0.4) is 0 Å². The van der Waals surface area contributed by atoms with Crippen molar-refractivity contribution in [2.24, 2.45) is 5.41 Å². The largest absolute Gasteiger partial charge is 0.481 e. The molecular weight excluding hydrogens is 304 g/mol. The highest BCUT2D eigenvalue weighted by Gasteiger charge is 2.35. The van der Waals surface area contributed by atoms with Gasteiger partial charge in [-0.1, -0.05) is 0 Å². The molecule has 0 spiro atoms. The van der Waals surface area contributed by atoms with Crippen molar-refractivity contribution in [3.8, 4) is 11.4 Å². The predicted molar refractivity (Wildman–Crippen MR) is 91.8 cm³/mol. The molecule has 0 aliphatic heterocycles. The Morgan fingerprint density at radius 2 is 2.12 bits per heavy atom. The second-order valence-electron chi connectivity index (χ2n) is 6.81. The number of carboxylic acids is 1. The normalized spacial score (nSPS) is 15.0. The van der Waals surface area contributed by atoms with Gasteiger partial charge in [0.05, 0.1) is 5.41 Å². The van der Waals surface area contributed by atoms with E-state index < -0.39 is 11.4 Å². The van der Waals surface area contributed by atoms with E-state index in [0.717, 1.165) is 41.9 Å². The molecule has 126 valence electrons. The van der Waals surface area contributed by atoms with Gasteiger partial charge in [-0.3, -0.25) is 9.78 Å². The highest BCUT2D eigenvalue weighted by atomic mass is 16.4. The van der Waals surface area contributed by atoms with Crippen LogP contribution in [0.4, 0.5) is 5.82 Å². The second-order valence-corrected chi connectivity index (χ2v) is 6.81. The minimum atomic E-state index is -0.898. The van der Waals surface area contributed by atoms with Gasteiger partial charge < -0.3 is 10.4 Å². The van der Waals surface area contributed by atoms with Crippen LogP contribution in [0, 0.1) is 5.41 Å². The number of fused-ring (bicyclic) bond motifs is 1. The third-order valence-electron chi connectivity index (χ3n) is 4.84. The zero-order valence-electron chi connectivity index (χ0n) is 14.2. The van der Waals surface area contributed by atoms with Crippen molar-refractivity contribution in [3.05, 3.63) is 35.8 Å². The summed E-state index contributed by atoms with van der Waals surface area (Å²) < 4.78 is 0. The minimum absolute atomic E-state index is 0.267. The number of carbonyl (C=O) groups is 1. The second kappa shape index (κ2) is 6.19. The molecule has 0 saturated carbocycles. The Kier molecular flexibility index (Phi) is 4.22. The van der Waals surface area contributed by atoms with Crippen molar-refractivity contribution in [1.29, 1.82) is 0 Å². The maximum atomic E-state index is 11.5. The number of aromatic nitrogens is 3. The number of carboxylic acid groups (broad SMARTS) is 1. The van der Waals surface area contributed by atoms with Crippen molar-refractivity contribution in [3.63, 3.8) is 0 Å². The zero-order valence-corrected chi connectivity index (χ0v) is 14.2. The van der Waals surface area contributed by atoms with Gasteiger partial charge in [-0.2, -0.15) is 0 Å². The summed E-state index contributed by atoms with van der Waals surface area (Å²) in [6.07, 6.45) is 6.35. The van der Waals surface area contributed by atoms with Crippen molar-refractivity contribution < 1.29 is 9.90 Å². The summed E-state index contributed by atoms with van der Waals surface area (Å²) in [5.41, 5.74) is 2.12. The summed E-state index contributed by atoms with van der Waals surface area (Å²) >= 11 is 0. The van der Waals surface area contributed by atoms with E-state index in [2.05, 4.69) is 20.3 Å². The molecule has 2 aromatic rings. The summed E-state index contributed by atoms with van der Waals surface area (Å²) in [6, 6.07) is 3.52. The number of rotatable bonds is 5. The van der Waals surface area contributed by atoms with Gasteiger partial charge in [-0.25, -0.2) is 9.97 Å². The average molecular weight is 326 g/mol. The van der Waals surface area contributed by atoms with E-state index in [1.807, 2.05) is 19.1 Å². The predicted octanol–water partition coefficient (Wildman–Crippen LogP) is 2.94. The lowest BCUT2D eigenvalue weighted by Crippen LogP contribution is -2.40. The minimum Gasteiger partial charge on any atom is -0.481 e. The number of nitrogens with one attached hydrogen (secondary N) is 1. The maximum Gasteiger partial charge on any atom is 0.311 e. The summed E-state index contributed by atoms with van der Waals surface area (Å²) in [5.74, 6) is 0.547. The van der Waals surface area contributed by atoms with Gasteiger partial charge in [-0.15, -0.1) is 0 Å². The van der Waals surface area contributed by atoms with E-state index in [4.69, 9.17) is 0 Å². The van der Waals surface area contributed by atoms with E-state index in [-0.39, 0.29) is 6.04 Å². The van der Waals surface area contributed by atoms with Crippen LogP contribution in [0.1, 0.15) is 38.4 Å². The number of nitrogens with zero attached hydrogens (tertiary/aromatic N) is 3. The lowest BCUT2D eigenvalue weighted by Gasteiger charge is -2.29. The lowest BCUT2D eigenvalue weighted by molar-refractivity contribution is -0.147. The molecule has 3 rings (SSSR count). The van der Waals surface area contributed by atoms with Crippen LogP contribution in [0.25, 0.3) is 11.4 Å². The molecule has 1 aliphatic carbocycles. The van der Waals surface area contributed by atoms with E-state index in [1.54, 1.807) is 26.2 Å². The summed E-state index contributed by atoms with van der Waals surface area (Å²) in [5, 5.41) is 12.8. The first-order valence-electron chi connectivity index (χ1n) is 8.19. The van der Waals surface area contributed by atoms with Gasteiger partial charge in [0, 0.05) is 35.3 Å². The molecule has 0 saturated heterocycles. The summed E-state index contributed by atoms with van der Waals surface area (Å²) in [6.45, 7) is 5.31. The van der Waals surface area contributed by atoms with E-state index in [9.17, 15) is 9.90 Å². The van der Waals surface area contributed by atoms with Gasteiger partial charge in [0.1, 0.15) is 5.82 Å². The maximum absolute atomic E-state index is 11.5. The van der Waals surface area contributed by atoms with Crippen LogP contribution in [0.2, 0.25) is 0 Å². The molecule has 1 aliphatic rings. The fraction of sp³-hybridized carbons (Fsp3) is 0.444. The van der Waals surface area contributed by atoms with Crippen molar-refractivity contribution in [1.82, 2.24) is 15.0 Å². The van der Waals surface area contributed by atoms with Gasteiger partial charge in [0.2, 0.25) is 0 Å². The number of hydrogen-bond acceptors (Lipinski definition) is 5. The standard InChI is InChI=1S/C18H22N4O2/c1-11(18(2,3)17(23)24)20-16-13-7-4-8-14(13)21-15(22-16)12-6-5-9-19-10-12/h5-6,9-11H,4,7-8H2,1-3H3,(H,23,24)(H,20,21,22). The SMILES string of the molecule is CC(Nc1nc(-c2cccnc2)nc2c1CCC2)C(C)(C)C(=O)O. The number of aryl methyl sites for hydroxylation is 1. The van der Waals surface area contributed by atoms with E-state index >= 15 is 0 Å². The van der Waals surface area contributed by atoms with Crippen LogP contribution >= 0.6 is 0 Å². The molecule has 2 heterocycles. The molecule has 6 nitrogen and oxygen atoms in total. The van der Waals surface area contributed by atoms with Crippen molar-refractivity contribution in [2.75, 3.05) is 5.32 Å². The first kappa shape index (κ1) is 16.4. The summed E-state index contributed by atoms with van der Waals surface area (Å²) in [7, 11) is 0. The van der Waals surface area contributed by atoms with Gasteiger partial charge in [0.25, 0.3) is 0 Å². The molecule has 2 N–H and O–H groups in total. The molecule has 0 bridgehead atoms. The quantitative estimate of drug-likeness (QED) is 0.878. The average Bonchev–Trinajstić information content (AvgIpc) is 3.04. The fourth-order valence-electron chi connectivity index (χ4n) is 2.75. The van der Waals surface area contributed by atoms with Crippen LogP contribution < -0.4 is 5.32 Å². The molecule has 0 amide bonds. The number of pyridine rings is 1. The Labute approximate surface area is 141 Å². The first-order chi connectivity index (χ1) is 11.4. The fourth-order valence-corrected chi connectivity index (χ4v) is 2.75. The lowest BCUT2D eigenvalue weighted by atomic mass is 9.85. The molecule has 2 aromatic heterocycles. The van der Waals surface area contributed by atoms with Crippen LogP contribution in [0.5, 0.6) is 0 Å². The Morgan fingerprint density at radius 1 is 1.33 bits per heavy atom. The highest BCUT2D eigenvalue weighted by molar-refractivity contribution is 5.75. The number of anilines is 1. The van der Waals surface area contributed by atoms with Crippen LogP contribution in [-0.4, -0.2) is 32.1 Å². The molecule has 24 heavy (non-hydrogen) atoms. The number of aliphatic carboxylic acids is 1. The van der Waals surface area contributed by atoms with E-state index in [0.29, 0.717) is 5.82 Å². The van der Waals surface area contributed by atoms with Crippen molar-refractivity contribution in [2.45, 2.75) is 46.1 Å². The Bertz CT molecular complexity index is 759. The summed E-state index contributed by atoms with van der Waals surface area (Å²) in [4.78, 5) is 25.0. The van der Waals surface area contributed by atoms with Crippen LogP contribution in [0.15, 0.2) is 24.5 Å². The monoisotopic (exact) mass is 326 g/mol. The van der Waals surface area contributed by atoms with Gasteiger partial charge in [0.15, 0.2) is 5.82 Å². The van der Waals surface area contributed by atoms with Gasteiger partial charge >= 0.3 is 5.97 Å². The Balaban J connectivity index is 1.99. The van der Waals surface area contributed by atoms with E-state index in [1.165, 1.54) is 0 Å². The molecule has 1 atom stereocenters. The molecule has 0 aromatic carbocycles. The number of hydrogen-bond donors (Lipinski definition) is 2. The molecule has 0 radical (unpaired) electrons. The third kappa shape index (κ3) is 2.96. The molecular formula is C18H22N4O2. The third-order valence-corrected chi connectivity index (χ3v) is 4.84. The smallest absolute Gasteiger partial charge is 0.311 e. The Morgan fingerprint density at radius 3 is 2.79 bits per heavy atom. The molecule has 0 fully saturated rings. The van der Waals surface area contributed by atoms with Crippen LogP contribution in [-0.2, 0) is 17.6 Å². The topological polar surface area (TPSA) is 88.0 Å². The molecule has 1 unspecified atom stereocenters. The highest BCUT2D eigenvalue weighted by Crippen LogP contribution is 2.31. The first-order valence-corrected chi connectivity index (χ1v) is 8.19. The van der Waals surface area contributed by atoms with Crippen molar-refractivity contribution >= 4 is 11.8 Å². The zero-order chi connectivity index (χ0) is 17.3. The Hall–Kier alpha value is -2.50.